The molecule has 4 aromatic rings. The molecule has 0 saturated carbocycles. The second kappa shape index (κ2) is 11.4. The first-order valence-electron chi connectivity index (χ1n) is 12.6. The summed E-state index contributed by atoms with van der Waals surface area (Å²) in [4.78, 5) is 5.01. The lowest BCUT2D eigenvalue weighted by Crippen LogP contribution is -2.48. The van der Waals surface area contributed by atoms with Gasteiger partial charge >= 0.3 is 0 Å². The number of aryl methyl sites for hydroxylation is 1. The molecule has 1 saturated heterocycles. The van der Waals surface area contributed by atoms with Crippen LogP contribution in [0.15, 0.2) is 83.8 Å². The Bertz CT molecular complexity index is 1430. The molecule has 1 aromatic heterocycles. The number of hydrogen-bond donors (Lipinski definition) is 0. The molecule has 198 valence electrons. The van der Waals surface area contributed by atoms with Crippen LogP contribution in [0.25, 0.3) is 0 Å². The molecule has 0 spiro atoms. The molecule has 10 heteroatoms. The van der Waals surface area contributed by atoms with Crippen molar-refractivity contribution in [2.75, 3.05) is 33.3 Å². The number of hydrogen-bond acceptors (Lipinski definition) is 8. The maximum absolute atomic E-state index is 13.2. The second-order valence-corrected chi connectivity index (χ2v) is 11.5. The number of methoxy groups -OCH3 is 1. The van der Waals surface area contributed by atoms with Gasteiger partial charge in [0.25, 0.3) is 0 Å². The maximum Gasteiger partial charge on any atom is 0.198 e. The zero-order chi connectivity index (χ0) is 26.5. The zero-order valence-corrected chi connectivity index (χ0v) is 22.5. The fraction of sp³-hybridized carbons (Fsp3) is 0.321. The van der Waals surface area contributed by atoms with Crippen LogP contribution in [0.4, 0.5) is 0 Å². The van der Waals surface area contributed by atoms with Crippen molar-refractivity contribution in [2.24, 2.45) is 0 Å². The molecule has 0 aliphatic carbocycles. The molecule has 9 nitrogen and oxygen atoms in total. The monoisotopic (exact) mass is 532 g/mol. The Balaban J connectivity index is 1.41. The van der Waals surface area contributed by atoms with Gasteiger partial charge in [-0.25, -0.2) is 13.1 Å². The van der Waals surface area contributed by atoms with E-state index < -0.39 is 9.84 Å². The Morgan fingerprint density at radius 1 is 0.895 bits per heavy atom. The van der Waals surface area contributed by atoms with Crippen LogP contribution in [0.5, 0.6) is 5.75 Å². The van der Waals surface area contributed by atoms with Crippen LogP contribution in [0.1, 0.15) is 28.6 Å². The summed E-state index contributed by atoms with van der Waals surface area (Å²) in [6.07, 6.45) is 0. The van der Waals surface area contributed by atoms with Gasteiger partial charge in [-0.1, -0.05) is 60.2 Å². The second-order valence-electron chi connectivity index (χ2n) is 9.57. The predicted molar refractivity (Wildman–Crippen MR) is 144 cm³/mol. The van der Waals surface area contributed by atoms with Crippen LogP contribution in [0.3, 0.4) is 0 Å². The molecule has 1 aliphatic rings. The van der Waals surface area contributed by atoms with Crippen LogP contribution in [0, 0.1) is 6.92 Å². The maximum atomic E-state index is 13.2. The van der Waals surface area contributed by atoms with Crippen LogP contribution < -0.4 is 4.74 Å². The van der Waals surface area contributed by atoms with E-state index in [1.807, 2.05) is 37.3 Å². The SMILES string of the molecule is COc1ccc([C@H](c2nnnn2CS(=O)(=O)c2ccc(C)cc2)N2CCN(Cc3ccccc3)CC2)cc1. The highest BCUT2D eigenvalue weighted by atomic mass is 32.2. The van der Waals surface area contributed by atoms with Crippen molar-refractivity contribution in [1.29, 1.82) is 0 Å². The normalized spacial score (nSPS) is 15.8. The minimum Gasteiger partial charge on any atom is -0.497 e. The average molecular weight is 533 g/mol. The first-order chi connectivity index (χ1) is 18.4. The molecule has 5 rings (SSSR count). The Morgan fingerprint density at radius 2 is 1.58 bits per heavy atom. The van der Waals surface area contributed by atoms with Crippen molar-refractivity contribution in [3.05, 3.63) is 101 Å². The third-order valence-corrected chi connectivity index (χ3v) is 8.50. The first-order valence-corrected chi connectivity index (χ1v) is 14.3. The number of tetrazole rings is 1. The van der Waals surface area contributed by atoms with Gasteiger partial charge in [-0.15, -0.1) is 5.10 Å². The van der Waals surface area contributed by atoms with Gasteiger partial charge in [0.05, 0.1) is 18.0 Å². The molecule has 0 unspecified atom stereocenters. The standard InChI is InChI=1S/C28H32N6O3S/c1-22-8-14-26(15-9-22)38(35,36)21-34-28(29-30-31-34)27(24-10-12-25(37-2)13-11-24)33-18-16-32(17-19-33)20-23-6-4-3-5-7-23/h3-15,27H,16-21H2,1-2H3/t27-/m1/s1. The average Bonchev–Trinajstić information content (AvgIpc) is 3.38. The Morgan fingerprint density at radius 3 is 2.24 bits per heavy atom. The van der Waals surface area contributed by atoms with E-state index in [1.165, 1.54) is 10.2 Å². The minimum absolute atomic E-state index is 0.250. The van der Waals surface area contributed by atoms with Crippen molar-refractivity contribution >= 4 is 9.84 Å². The number of nitrogens with zero attached hydrogens (tertiary/aromatic N) is 6. The van der Waals surface area contributed by atoms with E-state index in [4.69, 9.17) is 4.74 Å². The highest BCUT2D eigenvalue weighted by molar-refractivity contribution is 7.90. The lowest BCUT2D eigenvalue weighted by Gasteiger charge is -2.39. The summed E-state index contributed by atoms with van der Waals surface area (Å²) < 4.78 is 33.3. The number of benzene rings is 3. The molecule has 0 amide bonds. The van der Waals surface area contributed by atoms with Crippen LogP contribution >= 0.6 is 0 Å². The van der Waals surface area contributed by atoms with Crippen LogP contribution in [-0.4, -0.2) is 71.7 Å². The van der Waals surface area contributed by atoms with Gasteiger partial charge < -0.3 is 4.74 Å². The third kappa shape index (κ3) is 5.93. The van der Waals surface area contributed by atoms with Crippen molar-refractivity contribution < 1.29 is 13.2 Å². The number of aromatic nitrogens is 4. The van der Waals surface area contributed by atoms with Crippen LogP contribution in [-0.2, 0) is 22.3 Å². The molecule has 0 bridgehead atoms. The van der Waals surface area contributed by atoms with Crippen molar-refractivity contribution in [3.63, 3.8) is 0 Å². The van der Waals surface area contributed by atoms with E-state index in [0.29, 0.717) is 5.82 Å². The summed E-state index contributed by atoms with van der Waals surface area (Å²) >= 11 is 0. The quantitative estimate of drug-likeness (QED) is 0.324. The van der Waals surface area contributed by atoms with E-state index in [0.717, 1.165) is 49.6 Å². The topological polar surface area (TPSA) is 93.4 Å². The smallest absolute Gasteiger partial charge is 0.198 e. The molecule has 1 atom stereocenters. The molecular weight excluding hydrogens is 500 g/mol. The van der Waals surface area contributed by atoms with E-state index >= 15 is 0 Å². The predicted octanol–water partition coefficient (Wildman–Crippen LogP) is 3.33. The van der Waals surface area contributed by atoms with E-state index in [1.54, 1.807) is 31.4 Å². The van der Waals surface area contributed by atoms with E-state index in [-0.39, 0.29) is 16.8 Å². The summed E-state index contributed by atoms with van der Waals surface area (Å²) in [5, 5.41) is 12.3. The van der Waals surface area contributed by atoms with Gasteiger partial charge in [0, 0.05) is 32.7 Å². The highest BCUT2D eigenvalue weighted by Crippen LogP contribution is 2.30. The van der Waals surface area contributed by atoms with Crippen LogP contribution in [0.2, 0.25) is 0 Å². The summed E-state index contributed by atoms with van der Waals surface area (Å²) in [6.45, 7) is 6.17. The third-order valence-electron chi connectivity index (χ3n) is 6.93. The summed E-state index contributed by atoms with van der Waals surface area (Å²) in [7, 11) is -2.02. The highest BCUT2D eigenvalue weighted by Gasteiger charge is 2.32. The fourth-order valence-corrected chi connectivity index (χ4v) is 6.02. The molecule has 0 N–H and O–H groups in total. The molecule has 0 radical (unpaired) electrons. The number of ether oxygens (including phenoxy) is 1. The molecule has 1 fully saturated rings. The van der Waals surface area contributed by atoms with Gasteiger partial charge in [0.2, 0.25) is 0 Å². The molecule has 1 aliphatic heterocycles. The zero-order valence-electron chi connectivity index (χ0n) is 21.6. The van der Waals surface area contributed by atoms with Gasteiger partial charge in [-0.2, -0.15) is 0 Å². The number of piperazine rings is 1. The Hall–Kier alpha value is -3.60. The Kier molecular flexibility index (Phi) is 7.82. The summed E-state index contributed by atoms with van der Waals surface area (Å²) in [6, 6.07) is 24.8. The van der Waals surface area contributed by atoms with Gasteiger partial charge in [0.15, 0.2) is 21.5 Å². The molecular formula is C28H32N6O3S. The van der Waals surface area contributed by atoms with E-state index in [2.05, 4.69) is 49.6 Å². The van der Waals surface area contributed by atoms with Crippen molar-refractivity contribution in [1.82, 2.24) is 30.0 Å². The lowest BCUT2D eigenvalue weighted by molar-refractivity contribution is 0.100. The van der Waals surface area contributed by atoms with E-state index in [9.17, 15) is 8.42 Å². The first kappa shape index (κ1) is 26.0. The van der Waals surface area contributed by atoms with Crippen molar-refractivity contribution in [2.45, 2.75) is 30.3 Å². The van der Waals surface area contributed by atoms with Gasteiger partial charge in [-0.05, 0) is 52.7 Å². The van der Waals surface area contributed by atoms with Crippen molar-refractivity contribution in [3.8, 4) is 5.75 Å². The largest absolute Gasteiger partial charge is 0.497 e. The lowest BCUT2D eigenvalue weighted by atomic mass is 10.0. The molecule has 2 heterocycles. The van der Waals surface area contributed by atoms with Gasteiger partial charge in [-0.3, -0.25) is 9.80 Å². The Labute approximate surface area is 223 Å². The summed E-state index contributed by atoms with van der Waals surface area (Å²) in [5.74, 6) is 0.919. The minimum atomic E-state index is -3.65. The van der Waals surface area contributed by atoms with Gasteiger partial charge in [0.1, 0.15) is 5.75 Å². The summed E-state index contributed by atoms with van der Waals surface area (Å²) in [5.41, 5.74) is 3.27. The fourth-order valence-electron chi connectivity index (χ4n) is 4.81. The number of rotatable bonds is 9. The molecule has 3 aromatic carbocycles. The molecule has 38 heavy (non-hydrogen) atoms. The number of sulfone groups is 1.